The van der Waals surface area contributed by atoms with Gasteiger partial charge < -0.3 is 20.7 Å². The Morgan fingerprint density at radius 3 is 2.71 bits per heavy atom. The minimum absolute atomic E-state index is 0.0116. The number of methoxy groups -OCH3 is 1. The Hall–Kier alpha value is -2.97. The first-order valence-electron chi connectivity index (χ1n) is 9.86. The van der Waals surface area contributed by atoms with Gasteiger partial charge in [-0.15, -0.1) is 0 Å². The number of nitrogens with zero attached hydrogens (tertiary/aromatic N) is 2. The van der Waals surface area contributed by atoms with Gasteiger partial charge in [0, 0.05) is 29.6 Å². The third-order valence-corrected chi connectivity index (χ3v) is 4.96. The number of hydrogen-bond donors (Lipinski definition) is 3. The predicted molar refractivity (Wildman–Crippen MR) is 120 cm³/mol. The number of carbonyl (C=O) groups is 1. The summed E-state index contributed by atoms with van der Waals surface area (Å²) in [6.07, 6.45) is 1.38. The highest BCUT2D eigenvalue weighted by Gasteiger charge is 2.16. The van der Waals surface area contributed by atoms with E-state index in [4.69, 9.17) is 16.3 Å². The van der Waals surface area contributed by atoms with Crippen LogP contribution in [0, 0.1) is 5.82 Å². The van der Waals surface area contributed by atoms with E-state index < -0.39 is 5.82 Å². The monoisotopic (exact) mass is 445 g/mol. The molecular formula is C22H25ClFN5O2. The van der Waals surface area contributed by atoms with Gasteiger partial charge in [0.15, 0.2) is 5.82 Å². The Labute approximate surface area is 185 Å². The van der Waals surface area contributed by atoms with Crippen LogP contribution in [0.3, 0.4) is 0 Å². The average molecular weight is 446 g/mol. The van der Waals surface area contributed by atoms with Crippen LogP contribution in [0.1, 0.15) is 26.3 Å². The molecule has 0 aliphatic rings. The Balaban J connectivity index is 1.91. The first kappa shape index (κ1) is 22.7. The van der Waals surface area contributed by atoms with Crippen LogP contribution in [0.2, 0.25) is 5.02 Å². The van der Waals surface area contributed by atoms with Crippen LogP contribution in [0.15, 0.2) is 36.7 Å². The van der Waals surface area contributed by atoms with E-state index in [0.29, 0.717) is 22.5 Å². The zero-order chi connectivity index (χ0) is 22.5. The lowest BCUT2D eigenvalue weighted by Gasteiger charge is -2.18. The van der Waals surface area contributed by atoms with Gasteiger partial charge in [0.1, 0.15) is 17.9 Å². The minimum atomic E-state index is -0.566. The van der Waals surface area contributed by atoms with Crippen LogP contribution in [0.5, 0.6) is 5.75 Å². The summed E-state index contributed by atoms with van der Waals surface area (Å²) in [6.45, 7) is 6.02. The first-order valence-corrected chi connectivity index (χ1v) is 10.2. The molecule has 3 aromatic rings. The highest BCUT2D eigenvalue weighted by Crippen LogP contribution is 2.31. The van der Waals surface area contributed by atoms with Crippen LogP contribution in [0.25, 0.3) is 10.9 Å². The Kier molecular flexibility index (Phi) is 7.25. The molecule has 0 saturated heterocycles. The van der Waals surface area contributed by atoms with Gasteiger partial charge in [0.2, 0.25) is 5.91 Å². The van der Waals surface area contributed by atoms with Crippen LogP contribution >= 0.6 is 11.6 Å². The van der Waals surface area contributed by atoms with Crippen LogP contribution in [-0.2, 0) is 11.3 Å². The van der Waals surface area contributed by atoms with E-state index in [0.717, 1.165) is 5.56 Å². The molecule has 1 atom stereocenters. The largest absolute Gasteiger partial charge is 0.496 e. The molecule has 3 N–H and O–H groups in total. The number of fused-ring (bicyclic) bond motifs is 1. The van der Waals surface area contributed by atoms with Crippen molar-refractivity contribution in [2.45, 2.75) is 39.4 Å². The van der Waals surface area contributed by atoms with Gasteiger partial charge in [-0.25, -0.2) is 14.4 Å². The number of halogens is 2. The number of hydrogen-bond acceptors (Lipinski definition) is 6. The van der Waals surface area contributed by atoms with E-state index in [9.17, 15) is 9.18 Å². The predicted octanol–water partition coefficient (Wildman–Crippen LogP) is 4.18. The third kappa shape index (κ3) is 5.39. The van der Waals surface area contributed by atoms with E-state index >= 15 is 0 Å². The van der Waals surface area contributed by atoms with Crippen LogP contribution in [-0.4, -0.2) is 35.1 Å². The fourth-order valence-corrected chi connectivity index (χ4v) is 3.37. The zero-order valence-corrected chi connectivity index (χ0v) is 18.5. The van der Waals surface area contributed by atoms with Gasteiger partial charge in [-0.05, 0) is 25.1 Å². The number of ether oxygens (including phenoxy) is 1. The lowest BCUT2D eigenvalue weighted by Crippen LogP contribution is -2.44. The molecule has 0 spiro atoms. The van der Waals surface area contributed by atoms with Gasteiger partial charge in [0.25, 0.3) is 0 Å². The maximum absolute atomic E-state index is 14.3. The van der Waals surface area contributed by atoms with Gasteiger partial charge in [0.05, 0.1) is 29.4 Å². The molecule has 0 bridgehead atoms. The molecule has 1 amide bonds. The summed E-state index contributed by atoms with van der Waals surface area (Å²) in [4.78, 5) is 20.9. The lowest BCUT2D eigenvalue weighted by molar-refractivity contribution is -0.123. The van der Waals surface area contributed by atoms with Crippen molar-refractivity contribution >= 4 is 39.9 Å². The van der Waals surface area contributed by atoms with Crippen molar-refractivity contribution in [2.24, 2.45) is 0 Å². The fourth-order valence-electron chi connectivity index (χ4n) is 3.20. The second-order valence-electron chi connectivity index (χ2n) is 7.39. The molecule has 1 heterocycles. The quantitative estimate of drug-likeness (QED) is 0.482. The number of anilines is 2. The normalized spacial score (nSPS) is 12.1. The first-order chi connectivity index (χ1) is 14.8. The molecule has 0 radical (unpaired) electrons. The molecule has 0 unspecified atom stereocenters. The molecule has 31 heavy (non-hydrogen) atoms. The summed E-state index contributed by atoms with van der Waals surface area (Å²) < 4.78 is 19.8. The number of amides is 1. The van der Waals surface area contributed by atoms with Crippen molar-refractivity contribution in [3.8, 4) is 5.75 Å². The van der Waals surface area contributed by atoms with Gasteiger partial charge in [-0.2, -0.15) is 0 Å². The number of rotatable bonds is 8. The zero-order valence-electron chi connectivity index (χ0n) is 17.8. The van der Waals surface area contributed by atoms with Crippen molar-refractivity contribution < 1.29 is 13.9 Å². The molecule has 0 aliphatic carbocycles. The molecule has 0 aliphatic heterocycles. The molecule has 1 aromatic heterocycles. The number of benzene rings is 2. The molecule has 7 nitrogen and oxygen atoms in total. The van der Waals surface area contributed by atoms with Gasteiger partial charge in [-0.1, -0.05) is 31.5 Å². The van der Waals surface area contributed by atoms with Crippen molar-refractivity contribution in [1.82, 2.24) is 20.6 Å². The molecule has 3 rings (SSSR count). The molecule has 164 valence electrons. The summed E-state index contributed by atoms with van der Waals surface area (Å²) in [6, 6.07) is 8.12. The van der Waals surface area contributed by atoms with Crippen molar-refractivity contribution in [3.05, 3.63) is 53.1 Å². The highest BCUT2D eigenvalue weighted by molar-refractivity contribution is 6.31. The smallest absolute Gasteiger partial charge is 0.237 e. The number of carbonyl (C=O) groups excluding carboxylic acids is 1. The molecule has 9 heteroatoms. The van der Waals surface area contributed by atoms with Gasteiger partial charge >= 0.3 is 0 Å². The topological polar surface area (TPSA) is 88.2 Å². The SMILES string of the molecule is COc1cc2ncnc(Nc3cccc(Cl)c3F)c2cc1CNC(=O)[C@H](C)NC(C)C. The number of nitrogens with one attached hydrogen (secondary N) is 3. The Bertz CT molecular complexity index is 1090. The van der Waals surface area contributed by atoms with Crippen LogP contribution < -0.4 is 20.7 Å². The van der Waals surface area contributed by atoms with E-state index in [-0.39, 0.29) is 35.2 Å². The lowest BCUT2D eigenvalue weighted by atomic mass is 10.1. The van der Waals surface area contributed by atoms with E-state index in [1.165, 1.54) is 12.4 Å². The molecule has 0 saturated carbocycles. The van der Waals surface area contributed by atoms with E-state index in [1.807, 2.05) is 26.8 Å². The molecular weight excluding hydrogens is 421 g/mol. The maximum Gasteiger partial charge on any atom is 0.237 e. The van der Waals surface area contributed by atoms with E-state index in [2.05, 4.69) is 25.9 Å². The summed E-state index contributed by atoms with van der Waals surface area (Å²) in [7, 11) is 1.55. The van der Waals surface area contributed by atoms with E-state index in [1.54, 1.807) is 25.3 Å². The van der Waals surface area contributed by atoms with Crippen molar-refractivity contribution in [1.29, 1.82) is 0 Å². The van der Waals surface area contributed by atoms with Crippen LogP contribution in [0.4, 0.5) is 15.9 Å². The summed E-state index contributed by atoms with van der Waals surface area (Å²) in [5.41, 5.74) is 1.55. The molecule has 0 fully saturated rings. The highest BCUT2D eigenvalue weighted by atomic mass is 35.5. The maximum atomic E-state index is 14.3. The summed E-state index contributed by atoms with van der Waals surface area (Å²) in [5.74, 6) is 0.301. The second kappa shape index (κ2) is 9.89. The Morgan fingerprint density at radius 1 is 1.23 bits per heavy atom. The van der Waals surface area contributed by atoms with Crippen molar-refractivity contribution in [2.75, 3.05) is 12.4 Å². The standard InChI is InChI=1S/C22H25ClFN5O2/c1-12(2)28-13(3)22(30)25-10-14-8-15-18(9-19(14)31-4)26-11-27-21(15)29-17-7-5-6-16(23)20(17)24/h5-9,11-13,28H,10H2,1-4H3,(H,25,30)(H,26,27,29)/t13-/m0/s1. The second-order valence-corrected chi connectivity index (χ2v) is 7.80. The van der Waals surface area contributed by atoms with Gasteiger partial charge in [-0.3, -0.25) is 4.79 Å². The minimum Gasteiger partial charge on any atom is -0.496 e. The summed E-state index contributed by atoms with van der Waals surface area (Å²) >= 11 is 5.88. The molecule has 2 aromatic carbocycles. The number of aromatic nitrogens is 2. The summed E-state index contributed by atoms with van der Waals surface area (Å²) in [5, 5.41) is 9.71. The fraction of sp³-hybridized carbons (Fsp3) is 0.318. The Morgan fingerprint density at radius 2 is 2.00 bits per heavy atom. The third-order valence-electron chi connectivity index (χ3n) is 4.67. The van der Waals surface area contributed by atoms with Crippen molar-refractivity contribution in [3.63, 3.8) is 0 Å². The average Bonchev–Trinajstić information content (AvgIpc) is 2.74.